The van der Waals surface area contributed by atoms with Gasteiger partial charge in [-0.3, -0.25) is 19.2 Å². The fraction of sp³-hybridized carbons (Fsp3) is 0.478. The number of primary amides is 1. The van der Waals surface area contributed by atoms with Crippen LogP contribution in [0.2, 0.25) is 5.02 Å². The maximum Gasteiger partial charge on any atom is 0.268 e. The number of hydrogen-bond donors (Lipinski definition) is 5. The third-order valence-electron chi connectivity index (χ3n) is 5.63. The van der Waals surface area contributed by atoms with Gasteiger partial charge in [0.15, 0.2) is 0 Å². The van der Waals surface area contributed by atoms with Gasteiger partial charge in [-0.1, -0.05) is 44.5 Å². The van der Waals surface area contributed by atoms with Crippen LogP contribution in [-0.2, 0) is 14.4 Å². The van der Waals surface area contributed by atoms with Gasteiger partial charge in [0.05, 0.1) is 10.5 Å². The molecule has 10 heteroatoms. The molecule has 0 saturated carbocycles. The lowest BCUT2D eigenvalue weighted by Gasteiger charge is -2.27. The molecule has 3 rings (SSSR count). The van der Waals surface area contributed by atoms with Gasteiger partial charge in [-0.05, 0) is 36.8 Å². The SMILES string of the molecule is CC(C)(C)C[C@H](NC(=O)c1cc2cccc(Cl)c2[nH]1)C(=O)N[C@@H](C[C@@H]1CCNC1=O)C(N)=O. The molecule has 1 aliphatic heterocycles. The van der Waals surface area contributed by atoms with E-state index in [0.29, 0.717) is 29.9 Å². The smallest absolute Gasteiger partial charge is 0.268 e. The molecule has 3 atom stereocenters. The number of aromatic nitrogens is 1. The predicted molar refractivity (Wildman–Crippen MR) is 125 cm³/mol. The highest BCUT2D eigenvalue weighted by Gasteiger charge is 2.33. The van der Waals surface area contributed by atoms with Crippen molar-refractivity contribution in [3.63, 3.8) is 0 Å². The minimum atomic E-state index is -1.02. The largest absolute Gasteiger partial charge is 0.368 e. The number of amides is 4. The molecule has 4 amide bonds. The molecule has 0 spiro atoms. The molecule has 178 valence electrons. The number of nitrogens with one attached hydrogen (secondary N) is 4. The summed E-state index contributed by atoms with van der Waals surface area (Å²) < 4.78 is 0. The lowest BCUT2D eigenvalue weighted by Crippen LogP contribution is -2.54. The number of benzene rings is 1. The summed E-state index contributed by atoms with van der Waals surface area (Å²) in [6, 6.07) is 5.05. The second-order valence-electron chi connectivity index (χ2n) is 9.65. The number of nitrogens with two attached hydrogens (primary N) is 1. The Balaban J connectivity index is 1.76. The van der Waals surface area contributed by atoms with Gasteiger partial charge in [0.25, 0.3) is 5.91 Å². The molecule has 2 heterocycles. The maximum atomic E-state index is 13.1. The first-order valence-corrected chi connectivity index (χ1v) is 11.3. The molecule has 0 bridgehead atoms. The Bertz CT molecular complexity index is 1070. The first kappa shape index (κ1) is 24.6. The molecular weight excluding hydrogens is 446 g/mol. The predicted octanol–water partition coefficient (Wildman–Crippen LogP) is 1.85. The normalized spacial score (nSPS) is 17.9. The second kappa shape index (κ2) is 9.82. The van der Waals surface area contributed by atoms with E-state index in [9.17, 15) is 19.2 Å². The summed E-state index contributed by atoms with van der Waals surface area (Å²) in [5.41, 5.74) is 6.09. The van der Waals surface area contributed by atoms with E-state index < -0.39 is 35.7 Å². The van der Waals surface area contributed by atoms with E-state index in [-0.39, 0.29) is 23.4 Å². The van der Waals surface area contributed by atoms with Crippen molar-refractivity contribution in [3.8, 4) is 0 Å². The van der Waals surface area contributed by atoms with Crippen LogP contribution in [0.25, 0.3) is 10.9 Å². The highest BCUT2D eigenvalue weighted by Crippen LogP contribution is 2.25. The highest BCUT2D eigenvalue weighted by atomic mass is 35.5. The molecule has 0 aliphatic carbocycles. The molecule has 0 radical (unpaired) electrons. The van der Waals surface area contributed by atoms with Crippen LogP contribution in [0.3, 0.4) is 0 Å². The fourth-order valence-corrected chi connectivity index (χ4v) is 4.20. The number of carbonyl (C=O) groups excluding carboxylic acids is 4. The Kier molecular flexibility index (Phi) is 7.31. The van der Waals surface area contributed by atoms with Gasteiger partial charge in [0, 0.05) is 17.8 Å². The minimum Gasteiger partial charge on any atom is -0.368 e. The number of carbonyl (C=O) groups is 4. The number of para-hydroxylation sites is 1. The van der Waals surface area contributed by atoms with Crippen molar-refractivity contribution in [3.05, 3.63) is 35.0 Å². The number of halogens is 1. The van der Waals surface area contributed by atoms with Crippen LogP contribution in [0.1, 0.15) is 50.5 Å². The van der Waals surface area contributed by atoms with Crippen molar-refractivity contribution in [2.75, 3.05) is 6.54 Å². The van der Waals surface area contributed by atoms with E-state index in [1.165, 1.54) is 0 Å². The Morgan fingerprint density at radius 1 is 1.21 bits per heavy atom. The standard InChI is InChI=1S/C23H30ClN5O4/c1-23(2,3)11-17(22(33)28-15(19(25)30)10-13-7-8-26-20(13)31)29-21(32)16-9-12-5-4-6-14(24)18(12)27-16/h4-6,9,13,15,17,27H,7-8,10-11H2,1-3H3,(H2,25,30)(H,26,31)(H,28,33)(H,29,32)/t13-,15-,17-/m0/s1. The fourth-order valence-electron chi connectivity index (χ4n) is 3.97. The average molecular weight is 476 g/mol. The van der Waals surface area contributed by atoms with Gasteiger partial charge in [0.2, 0.25) is 17.7 Å². The van der Waals surface area contributed by atoms with Crippen molar-refractivity contribution in [2.45, 2.75) is 52.1 Å². The number of rotatable bonds is 8. The van der Waals surface area contributed by atoms with Crippen LogP contribution in [0.5, 0.6) is 0 Å². The molecule has 1 aromatic carbocycles. The minimum absolute atomic E-state index is 0.115. The molecule has 1 aliphatic rings. The van der Waals surface area contributed by atoms with Crippen LogP contribution >= 0.6 is 11.6 Å². The summed E-state index contributed by atoms with van der Waals surface area (Å²) in [7, 11) is 0. The van der Waals surface area contributed by atoms with Crippen molar-refractivity contribution in [1.82, 2.24) is 20.9 Å². The number of H-pyrrole nitrogens is 1. The van der Waals surface area contributed by atoms with E-state index in [4.69, 9.17) is 17.3 Å². The number of hydrogen-bond acceptors (Lipinski definition) is 4. The van der Waals surface area contributed by atoms with Crippen LogP contribution < -0.4 is 21.7 Å². The molecule has 1 aromatic heterocycles. The molecule has 33 heavy (non-hydrogen) atoms. The summed E-state index contributed by atoms with van der Waals surface area (Å²) in [4.78, 5) is 52.9. The van der Waals surface area contributed by atoms with Gasteiger partial charge in [0.1, 0.15) is 17.8 Å². The molecular formula is C23H30ClN5O4. The topological polar surface area (TPSA) is 146 Å². The molecule has 9 nitrogen and oxygen atoms in total. The van der Waals surface area contributed by atoms with Crippen LogP contribution in [0.15, 0.2) is 24.3 Å². The van der Waals surface area contributed by atoms with E-state index in [1.54, 1.807) is 18.2 Å². The number of fused-ring (bicyclic) bond motifs is 1. The van der Waals surface area contributed by atoms with Gasteiger partial charge in [-0.15, -0.1) is 0 Å². The van der Waals surface area contributed by atoms with Gasteiger partial charge in [-0.25, -0.2) is 0 Å². The third-order valence-corrected chi connectivity index (χ3v) is 5.95. The van der Waals surface area contributed by atoms with Crippen molar-refractivity contribution >= 4 is 46.1 Å². The molecule has 6 N–H and O–H groups in total. The zero-order valence-electron chi connectivity index (χ0n) is 19.0. The lowest BCUT2D eigenvalue weighted by atomic mass is 9.87. The van der Waals surface area contributed by atoms with Crippen LogP contribution in [0.4, 0.5) is 0 Å². The first-order chi connectivity index (χ1) is 15.4. The average Bonchev–Trinajstić information content (AvgIpc) is 3.33. The van der Waals surface area contributed by atoms with Gasteiger partial charge < -0.3 is 26.7 Å². The zero-order valence-corrected chi connectivity index (χ0v) is 19.7. The monoisotopic (exact) mass is 475 g/mol. The molecule has 1 saturated heterocycles. The Labute approximate surface area is 197 Å². The zero-order chi connectivity index (χ0) is 24.3. The summed E-state index contributed by atoms with van der Waals surface area (Å²) in [6.45, 7) is 6.35. The Morgan fingerprint density at radius 3 is 2.52 bits per heavy atom. The van der Waals surface area contributed by atoms with E-state index >= 15 is 0 Å². The Hall–Kier alpha value is -3.07. The Morgan fingerprint density at radius 2 is 1.94 bits per heavy atom. The summed E-state index contributed by atoms with van der Waals surface area (Å²) in [5, 5.41) is 9.36. The third kappa shape index (κ3) is 6.25. The molecule has 2 aromatic rings. The molecule has 0 unspecified atom stereocenters. The van der Waals surface area contributed by atoms with Crippen LogP contribution in [0, 0.1) is 11.3 Å². The van der Waals surface area contributed by atoms with Gasteiger partial charge in [-0.2, -0.15) is 0 Å². The van der Waals surface area contributed by atoms with E-state index in [1.807, 2.05) is 26.8 Å². The summed E-state index contributed by atoms with van der Waals surface area (Å²) in [6.07, 6.45) is 1.01. The maximum absolute atomic E-state index is 13.1. The van der Waals surface area contributed by atoms with Crippen molar-refractivity contribution in [1.29, 1.82) is 0 Å². The highest BCUT2D eigenvalue weighted by molar-refractivity contribution is 6.35. The van der Waals surface area contributed by atoms with E-state index in [2.05, 4.69) is 20.9 Å². The first-order valence-electron chi connectivity index (χ1n) is 10.9. The van der Waals surface area contributed by atoms with E-state index in [0.717, 1.165) is 5.39 Å². The number of aromatic amines is 1. The molecule has 1 fully saturated rings. The quantitative estimate of drug-likeness (QED) is 0.396. The summed E-state index contributed by atoms with van der Waals surface area (Å²) >= 11 is 6.19. The summed E-state index contributed by atoms with van der Waals surface area (Å²) in [5.74, 6) is -2.29. The van der Waals surface area contributed by atoms with Crippen LogP contribution in [-0.4, -0.2) is 47.2 Å². The van der Waals surface area contributed by atoms with Crippen molar-refractivity contribution in [2.24, 2.45) is 17.1 Å². The lowest BCUT2D eigenvalue weighted by molar-refractivity contribution is -0.130. The second-order valence-corrected chi connectivity index (χ2v) is 10.1. The van der Waals surface area contributed by atoms with Crippen molar-refractivity contribution < 1.29 is 19.2 Å². The van der Waals surface area contributed by atoms with Gasteiger partial charge >= 0.3 is 0 Å².